The minimum absolute atomic E-state index is 0.173. The summed E-state index contributed by atoms with van der Waals surface area (Å²) in [5.74, 6) is 0.686. The summed E-state index contributed by atoms with van der Waals surface area (Å²) in [6, 6.07) is 12.9. The van der Waals surface area contributed by atoms with Gasteiger partial charge in [0.2, 0.25) is 0 Å². The minimum Gasteiger partial charge on any atom is -0.493 e. The van der Waals surface area contributed by atoms with E-state index in [0.29, 0.717) is 36.5 Å². The number of benzene rings is 2. The van der Waals surface area contributed by atoms with E-state index in [-0.39, 0.29) is 12.5 Å². The van der Waals surface area contributed by atoms with Crippen LogP contribution in [0.4, 0.5) is 5.69 Å². The Labute approximate surface area is 160 Å². The van der Waals surface area contributed by atoms with Crippen LogP contribution in [-0.2, 0) is 11.3 Å². The number of nitrogens with zero attached hydrogens (tertiary/aromatic N) is 1. The molecule has 0 spiro atoms. The highest BCUT2D eigenvalue weighted by atomic mass is 16.5. The summed E-state index contributed by atoms with van der Waals surface area (Å²) >= 11 is 0. The Balaban J connectivity index is 1.88. The molecule has 2 aromatic carbocycles. The molecule has 0 atom stereocenters. The Morgan fingerprint density at radius 3 is 2.48 bits per heavy atom. The van der Waals surface area contributed by atoms with Crippen molar-refractivity contribution in [3.8, 4) is 11.5 Å². The fourth-order valence-electron chi connectivity index (χ4n) is 2.35. The number of anilines is 1. The molecule has 6 nitrogen and oxygen atoms in total. The third-order valence-corrected chi connectivity index (χ3v) is 3.89. The summed E-state index contributed by atoms with van der Waals surface area (Å²) in [6.07, 6.45) is 1.58. The Morgan fingerprint density at radius 1 is 1.11 bits per heavy atom. The summed E-state index contributed by atoms with van der Waals surface area (Å²) in [5, 5.41) is 2.81. The first-order valence-electron chi connectivity index (χ1n) is 8.91. The molecule has 0 saturated heterocycles. The maximum Gasteiger partial charge on any atom is 0.258 e. The molecule has 0 unspecified atom stereocenters. The van der Waals surface area contributed by atoms with E-state index in [1.807, 2.05) is 50.2 Å². The minimum atomic E-state index is -0.261. The van der Waals surface area contributed by atoms with Gasteiger partial charge >= 0.3 is 0 Å². The van der Waals surface area contributed by atoms with Crippen molar-refractivity contribution in [3.63, 3.8) is 0 Å². The first-order valence-corrected chi connectivity index (χ1v) is 8.91. The fourth-order valence-corrected chi connectivity index (χ4v) is 2.35. The van der Waals surface area contributed by atoms with Crippen LogP contribution in [0.15, 0.2) is 42.5 Å². The van der Waals surface area contributed by atoms with Gasteiger partial charge in [-0.25, -0.2) is 0 Å². The predicted molar refractivity (Wildman–Crippen MR) is 106 cm³/mol. The Hall–Kier alpha value is -3.02. The molecule has 0 fully saturated rings. The summed E-state index contributed by atoms with van der Waals surface area (Å²) in [6.45, 7) is 2.83. The van der Waals surface area contributed by atoms with Gasteiger partial charge in [0.15, 0.2) is 12.9 Å². The molecule has 2 aromatic rings. The molecule has 0 heterocycles. The van der Waals surface area contributed by atoms with Gasteiger partial charge in [0.25, 0.3) is 5.91 Å². The second-order valence-corrected chi connectivity index (χ2v) is 6.29. The SMILES string of the molecule is CCCOc1ccc(C=O)c(OCC(=O)NCc2ccc(N(C)C)cc2)c1. The van der Waals surface area contributed by atoms with Crippen LogP contribution in [0.2, 0.25) is 0 Å². The lowest BCUT2D eigenvalue weighted by Gasteiger charge is -2.13. The van der Waals surface area contributed by atoms with Crippen molar-refractivity contribution in [1.82, 2.24) is 5.32 Å². The summed E-state index contributed by atoms with van der Waals surface area (Å²) in [7, 11) is 3.95. The van der Waals surface area contributed by atoms with Crippen molar-refractivity contribution in [2.24, 2.45) is 0 Å². The highest BCUT2D eigenvalue weighted by molar-refractivity contribution is 5.81. The highest BCUT2D eigenvalue weighted by Gasteiger charge is 2.09. The van der Waals surface area contributed by atoms with Crippen LogP contribution >= 0.6 is 0 Å². The predicted octanol–water partition coefficient (Wildman–Crippen LogP) is 3.05. The van der Waals surface area contributed by atoms with E-state index < -0.39 is 0 Å². The first kappa shape index (κ1) is 20.3. The number of amides is 1. The zero-order valence-corrected chi connectivity index (χ0v) is 16.0. The van der Waals surface area contributed by atoms with Crippen LogP contribution < -0.4 is 19.7 Å². The molecule has 0 aliphatic carbocycles. The molecule has 6 heteroatoms. The molecule has 1 N–H and O–H groups in total. The molecular weight excluding hydrogens is 344 g/mol. The maximum absolute atomic E-state index is 12.1. The van der Waals surface area contributed by atoms with Crippen LogP contribution in [0.3, 0.4) is 0 Å². The van der Waals surface area contributed by atoms with E-state index in [1.165, 1.54) is 0 Å². The van der Waals surface area contributed by atoms with E-state index in [9.17, 15) is 9.59 Å². The van der Waals surface area contributed by atoms with Crippen molar-refractivity contribution in [3.05, 3.63) is 53.6 Å². The molecule has 2 rings (SSSR count). The zero-order valence-electron chi connectivity index (χ0n) is 16.0. The van der Waals surface area contributed by atoms with Crippen LogP contribution in [0.1, 0.15) is 29.3 Å². The normalized spacial score (nSPS) is 10.2. The van der Waals surface area contributed by atoms with Crippen molar-refractivity contribution in [1.29, 1.82) is 0 Å². The Kier molecular flexibility index (Phi) is 7.67. The van der Waals surface area contributed by atoms with Gasteiger partial charge in [-0.05, 0) is 36.2 Å². The number of hydrogen-bond acceptors (Lipinski definition) is 5. The maximum atomic E-state index is 12.1. The lowest BCUT2D eigenvalue weighted by atomic mass is 10.2. The van der Waals surface area contributed by atoms with Gasteiger partial charge in [-0.2, -0.15) is 0 Å². The lowest BCUT2D eigenvalue weighted by Crippen LogP contribution is -2.28. The van der Waals surface area contributed by atoms with Crippen molar-refractivity contribution in [2.75, 3.05) is 32.2 Å². The molecule has 1 amide bonds. The molecular formula is C21H26N2O4. The van der Waals surface area contributed by atoms with Gasteiger partial charge < -0.3 is 19.7 Å². The van der Waals surface area contributed by atoms with Crippen LogP contribution in [0.25, 0.3) is 0 Å². The first-order chi connectivity index (χ1) is 13.0. The van der Waals surface area contributed by atoms with Crippen molar-refractivity contribution in [2.45, 2.75) is 19.9 Å². The molecule has 0 bridgehead atoms. The van der Waals surface area contributed by atoms with Crippen molar-refractivity contribution >= 4 is 17.9 Å². The number of nitrogens with one attached hydrogen (secondary N) is 1. The van der Waals surface area contributed by atoms with Gasteiger partial charge in [0.05, 0.1) is 12.2 Å². The topological polar surface area (TPSA) is 67.9 Å². The number of carbonyl (C=O) groups is 2. The van der Waals surface area contributed by atoms with E-state index in [1.54, 1.807) is 18.2 Å². The highest BCUT2D eigenvalue weighted by Crippen LogP contribution is 2.24. The molecule has 0 aromatic heterocycles. The second-order valence-electron chi connectivity index (χ2n) is 6.29. The van der Waals surface area contributed by atoms with Gasteiger partial charge in [0.1, 0.15) is 11.5 Å². The van der Waals surface area contributed by atoms with Crippen molar-refractivity contribution < 1.29 is 19.1 Å². The van der Waals surface area contributed by atoms with Crippen LogP contribution in [0.5, 0.6) is 11.5 Å². The van der Waals surface area contributed by atoms with Gasteiger partial charge in [-0.3, -0.25) is 9.59 Å². The average molecular weight is 370 g/mol. The summed E-state index contributed by atoms with van der Waals surface area (Å²) < 4.78 is 11.1. The van der Waals surface area contributed by atoms with Gasteiger partial charge in [-0.1, -0.05) is 19.1 Å². The molecule has 0 saturated carbocycles. The largest absolute Gasteiger partial charge is 0.493 e. The average Bonchev–Trinajstić information content (AvgIpc) is 2.69. The van der Waals surface area contributed by atoms with E-state index in [0.717, 1.165) is 17.7 Å². The Bertz CT molecular complexity index is 757. The molecule has 0 radical (unpaired) electrons. The smallest absolute Gasteiger partial charge is 0.258 e. The molecule has 144 valence electrons. The number of ether oxygens (including phenoxy) is 2. The van der Waals surface area contributed by atoms with Crippen LogP contribution in [-0.4, -0.2) is 39.5 Å². The van der Waals surface area contributed by atoms with E-state index in [2.05, 4.69) is 5.32 Å². The fraction of sp³-hybridized carbons (Fsp3) is 0.333. The van der Waals surface area contributed by atoms with Gasteiger partial charge in [0, 0.05) is 32.4 Å². The Morgan fingerprint density at radius 2 is 1.85 bits per heavy atom. The third-order valence-electron chi connectivity index (χ3n) is 3.89. The standard InChI is InChI=1S/C21H26N2O4/c1-4-11-26-19-10-7-17(14-24)20(12-19)27-15-21(25)22-13-16-5-8-18(9-6-16)23(2)3/h5-10,12,14H,4,11,13,15H2,1-3H3,(H,22,25). The third kappa shape index (κ3) is 6.33. The molecule has 0 aliphatic heterocycles. The number of rotatable bonds is 10. The van der Waals surface area contributed by atoms with E-state index in [4.69, 9.17) is 9.47 Å². The number of carbonyl (C=O) groups excluding carboxylic acids is 2. The quantitative estimate of drug-likeness (QED) is 0.651. The number of aldehydes is 1. The summed E-state index contributed by atoms with van der Waals surface area (Å²) in [5.41, 5.74) is 2.48. The molecule has 0 aliphatic rings. The van der Waals surface area contributed by atoms with Gasteiger partial charge in [-0.15, -0.1) is 0 Å². The monoisotopic (exact) mass is 370 g/mol. The second kappa shape index (κ2) is 10.2. The number of hydrogen-bond donors (Lipinski definition) is 1. The summed E-state index contributed by atoms with van der Waals surface area (Å²) in [4.78, 5) is 25.2. The van der Waals surface area contributed by atoms with Crippen LogP contribution in [0, 0.1) is 0 Å². The zero-order chi connectivity index (χ0) is 19.6. The lowest BCUT2D eigenvalue weighted by molar-refractivity contribution is -0.123. The molecule has 27 heavy (non-hydrogen) atoms. The van der Waals surface area contributed by atoms with E-state index >= 15 is 0 Å².